The van der Waals surface area contributed by atoms with Crippen molar-refractivity contribution in [1.29, 1.82) is 0 Å². The summed E-state index contributed by atoms with van der Waals surface area (Å²) in [5.41, 5.74) is 0.717. The van der Waals surface area contributed by atoms with Crippen molar-refractivity contribution in [3.8, 4) is 0 Å². The molecule has 60 valence electrons. The van der Waals surface area contributed by atoms with Crippen LogP contribution < -0.4 is 0 Å². The highest BCUT2D eigenvalue weighted by atomic mass is 19.1. The minimum Gasteiger partial charge on any atom is -0.396 e. The first-order chi connectivity index (χ1) is 5.24. The van der Waals surface area contributed by atoms with Crippen molar-refractivity contribution in [1.82, 2.24) is 4.98 Å². The Morgan fingerprint density at radius 2 is 2.36 bits per heavy atom. The van der Waals surface area contributed by atoms with Crippen molar-refractivity contribution < 1.29 is 9.50 Å². The van der Waals surface area contributed by atoms with E-state index < -0.39 is 0 Å². The summed E-state index contributed by atoms with van der Waals surface area (Å²) in [6, 6.07) is 2.92. The van der Waals surface area contributed by atoms with Crippen molar-refractivity contribution in [2.24, 2.45) is 0 Å². The zero-order valence-corrected chi connectivity index (χ0v) is 6.29. The molecule has 3 heteroatoms. The highest BCUT2D eigenvalue weighted by Gasteiger charge is 2.03. The lowest BCUT2D eigenvalue weighted by molar-refractivity contribution is 0.271. The molecule has 1 heterocycles. The molecule has 0 radical (unpaired) electrons. The molecule has 0 aliphatic carbocycles. The number of rotatable bonds is 2. The zero-order chi connectivity index (χ0) is 8.27. The van der Waals surface area contributed by atoms with Crippen molar-refractivity contribution >= 4 is 0 Å². The number of pyridine rings is 1. The molecule has 1 aromatic heterocycles. The number of halogens is 1. The molecular formula is C8H10FNO. The van der Waals surface area contributed by atoms with Gasteiger partial charge in [0.1, 0.15) is 5.82 Å². The lowest BCUT2D eigenvalue weighted by atomic mass is 10.1. The van der Waals surface area contributed by atoms with Gasteiger partial charge < -0.3 is 5.11 Å². The van der Waals surface area contributed by atoms with Gasteiger partial charge in [0, 0.05) is 11.6 Å². The Hall–Kier alpha value is -0.960. The summed E-state index contributed by atoms with van der Waals surface area (Å²) in [4.78, 5) is 3.81. The molecule has 0 fully saturated rings. The van der Waals surface area contributed by atoms with E-state index in [0.29, 0.717) is 5.69 Å². The number of aliphatic hydroxyl groups is 1. The van der Waals surface area contributed by atoms with Gasteiger partial charge in [-0.25, -0.2) is 4.39 Å². The van der Waals surface area contributed by atoms with Crippen LogP contribution in [-0.4, -0.2) is 16.7 Å². The van der Waals surface area contributed by atoms with Gasteiger partial charge in [-0.2, -0.15) is 0 Å². The van der Waals surface area contributed by atoms with E-state index >= 15 is 0 Å². The summed E-state index contributed by atoms with van der Waals surface area (Å²) in [5, 5.41) is 8.72. The number of aliphatic hydroxyl groups excluding tert-OH is 1. The molecular weight excluding hydrogens is 145 g/mol. The van der Waals surface area contributed by atoms with E-state index in [1.54, 1.807) is 6.07 Å². The second-order valence-corrected chi connectivity index (χ2v) is 2.48. The van der Waals surface area contributed by atoms with E-state index in [1.165, 1.54) is 6.07 Å². The fourth-order valence-corrected chi connectivity index (χ4v) is 0.772. The molecule has 0 bridgehead atoms. The standard InChI is InChI=1S/C8H10FNO/c1-6(5-11)8-3-2-7(9)4-10-8/h2-4,6,11H,5H2,1H3/t6-/m0/s1. The Bertz CT molecular complexity index is 222. The maximum Gasteiger partial charge on any atom is 0.141 e. The summed E-state index contributed by atoms with van der Waals surface area (Å²) >= 11 is 0. The third-order valence-corrected chi connectivity index (χ3v) is 1.53. The lowest BCUT2D eigenvalue weighted by Gasteiger charge is -2.05. The van der Waals surface area contributed by atoms with Gasteiger partial charge in [0.25, 0.3) is 0 Å². The van der Waals surface area contributed by atoms with Crippen molar-refractivity contribution in [3.05, 3.63) is 29.8 Å². The molecule has 0 unspecified atom stereocenters. The average molecular weight is 155 g/mol. The van der Waals surface area contributed by atoms with Gasteiger partial charge in [-0.05, 0) is 12.1 Å². The van der Waals surface area contributed by atoms with Gasteiger partial charge in [0.15, 0.2) is 0 Å². The molecule has 0 aliphatic rings. The summed E-state index contributed by atoms with van der Waals surface area (Å²) in [6.45, 7) is 1.87. The van der Waals surface area contributed by atoms with E-state index in [9.17, 15) is 4.39 Å². The molecule has 0 saturated carbocycles. The summed E-state index contributed by atoms with van der Waals surface area (Å²) < 4.78 is 12.3. The number of aromatic nitrogens is 1. The van der Waals surface area contributed by atoms with Crippen LogP contribution in [0.1, 0.15) is 18.5 Å². The van der Waals surface area contributed by atoms with Gasteiger partial charge >= 0.3 is 0 Å². The molecule has 0 amide bonds. The minimum atomic E-state index is -0.348. The Morgan fingerprint density at radius 3 is 2.82 bits per heavy atom. The van der Waals surface area contributed by atoms with Crippen LogP contribution in [-0.2, 0) is 0 Å². The van der Waals surface area contributed by atoms with Gasteiger partial charge in [-0.15, -0.1) is 0 Å². The normalized spacial score (nSPS) is 13.0. The lowest BCUT2D eigenvalue weighted by Crippen LogP contribution is -2.01. The van der Waals surface area contributed by atoms with Crippen LogP contribution in [0.15, 0.2) is 18.3 Å². The predicted molar refractivity (Wildman–Crippen MR) is 39.7 cm³/mol. The van der Waals surface area contributed by atoms with Crippen molar-refractivity contribution in [3.63, 3.8) is 0 Å². The SMILES string of the molecule is C[C@@H](CO)c1ccc(F)cn1. The molecule has 0 aliphatic heterocycles. The smallest absolute Gasteiger partial charge is 0.141 e. The fourth-order valence-electron chi connectivity index (χ4n) is 0.772. The van der Waals surface area contributed by atoms with Crippen molar-refractivity contribution in [2.45, 2.75) is 12.8 Å². The van der Waals surface area contributed by atoms with Gasteiger partial charge in [0.2, 0.25) is 0 Å². The average Bonchev–Trinajstić information content (AvgIpc) is 2.05. The van der Waals surface area contributed by atoms with Crippen LogP contribution in [0.2, 0.25) is 0 Å². The first kappa shape index (κ1) is 8.14. The third kappa shape index (κ3) is 1.98. The number of hydrogen-bond acceptors (Lipinski definition) is 2. The van der Waals surface area contributed by atoms with Crippen LogP contribution in [0.3, 0.4) is 0 Å². The van der Waals surface area contributed by atoms with E-state index in [2.05, 4.69) is 4.98 Å². The predicted octanol–water partition coefficient (Wildman–Crippen LogP) is 1.32. The Labute approximate surface area is 64.7 Å². The number of hydrogen-bond donors (Lipinski definition) is 1. The quantitative estimate of drug-likeness (QED) is 0.698. The summed E-state index contributed by atoms with van der Waals surface area (Å²) in [7, 11) is 0. The first-order valence-electron chi connectivity index (χ1n) is 3.46. The van der Waals surface area contributed by atoms with E-state index in [1.807, 2.05) is 6.92 Å². The van der Waals surface area contributed by atoms with E-state index in [-0.39, 0.29) is 18.3 Å². The highest BCUT2D eigenvalue weighted by Crippen LogP contribution is 2.10. The topological polar surface area (TPSA) is 33.1 Å². The molecule has 0 spiro atoms. The molecule has 1 rings (SSSR count). The second kappa shape index (κ2) is 3.44. The second-order valence-electron chi connectivity index (χ2n) is 2.48. The molecule has 2 nitrogen and oxygen atoms in total. The molecule has 1 atom stereocenters. The van der Waals surface area contributed by atoms with E-state index in [0.717, 1.165) is 6.20 Å². The maximum atomic E-state index is 12.3. The van der Waals surface area contributed by atoms with Gasteiger partial charge in [-0.1, -0.05) is 6.92 Å². The van der Waals surface area contributed by atoms with Crippen molar-refractivity contribution in [2.75, 3.05) is 6.61 Å². The number of nitrogens with zero attached hydrogens (tertiary/aromatic N) is 1. The molecule has 1 aromatic rings. The molecule has 1 N–H and O–H groups in total. The van der Waals surface area contributed by atoms with Crippen LogP contribution in [0.4, 0.5) is 4.39 Å². The molecule has 0 saturated heterocycles. The maximum absolute atomic E-state index is 12.3. The first-order valence-corrected chi connectivity index (χ1v) is 3.46. The Balaban J connectivity index is 2.81. The van der Waals surface area contributed by atoms with Crippen LogP contribution in [0, 0.1) is 5.82 Å². The Kier molecular flexibility index (Phi) is 2.54. The van der Waals surface area contributed by atoms with Crippen LogP contribution in [0.5, 0.6) is 0 Å². The fraction of sp³-hybridized carbons (Fsp3) is 0.375. The van der Waals surface area contributed by atoms with Crippen LogP contribution >= 0.6 is 0 Å². The minimum absolute atomic E-state index is 0.0180. The van der Waals surface area contributed by atoms with Gasteiger partial charge in [0.05, 0.1) is 12.8 Å². The summed E-state index contributed by atoms with van der Waals surface area (Å²) in [6.07, 6.45) is 1.15. The molecule has 0 aromatic carbocycles. The van der Waals surface area contributed by atoms with Crippen LogP contribution in [0.25, 0.3) is 0 Å². The highest BCUT2D eigenvalue weighted by molar-refractivity contribution is 5.09. The largest absolute Gasteiger partial charge is 0.396 e. The summed E-state index contributed by atoms with van der Waals surface area (Å²) in [5.74, 6) is -0.366. The van der Waals surface area contributed by atoms with Gasteiger partial charge in [-0.3, -0.25) is 4.98 Å². The van der Waals surface area contributed by atoms with E-state index in [4.69, 9.17) is 5.11 Å². The third-order valence-electron chi connectivity index (χ3n) is 1.53. The molecule has 11 heavy (non-hydrogen) atoms. The monoisotopic (exact) mass is 155 g/mol. The zero-order valence-electron chi connectivity index (χ0n) is 6.29. The Morgan fingerprint density at radius 1 is 1.64 bits per heavy atom.